The van der Waals surface area contributed by atoms with Crippen LogP contribution in [0.25, 0.3) is 11.1 Å². The molecule has 0 heterocycles. The number of ether oxygens (including phenoxy) is 6. The third-order valence-electron chi connectivity index (χ3n) is 5.70. The van der Waals surface area contributed by atoms with E-state index in [1.165, 1.54) is 0 Å². The van der Waals surface area contributed by atoms with Crippen molar-refractivity contribution in [1.29, 1.82) is 0 Å². The van der Waals surface area contributed by atoms with Gasteiger partial charge in [0.25, 0.3) is 11.8 Å². The molecule has 0 unspecified atom stereocenters. The zero-order valence-corrected chi connectivity index (χ0v) is 24.4. The summed E-state index contributed by atoms with van der Waals surface area (Å²) in [4.78, 5) is 24.8. The van der Waals surface area contributed by atoms with Gasteiger partial charge in [-0.05, 0) is 35.4 Å². The first-order chi connectivity index (χ1) is 20.7. The van der Waals surface area contributed by atoms with Gasteiger partial charge < -0.3 is 50.5 Å². The molecule has 2 aromatic carbocycles. The Bertz CT molecular complexity index is 897. The number of carbonyl (C=O) groups excluding carboxylic acids is 2. The van der Waals surface area contributed by atoms with Gasteiger partial charge in [-0.25, -0.2) is 0 Å². The van der Waals surface area contributed by atoms with Crippen LogP contribution >= 0.6 is 0 Å². The van der Waals surface area contributed by atoms with Crippen molar-refractivity contribution < 1.29 is 38.0 Å². The highest BCUT2D eigenvalue weighted by Crippen LogP contribution is 2.20. The number of nitrogens with one attached hydrogen (secondary N) is 2. The van der Waals surface area contributed by atoms with E-state index in [0.29, 0.717) is 117 Å². The molecular weight excluding hydrogens is 544 g/mol. The topological polar surface area (TPSA) is 166 Å². The Kier molecular flexibility index (Phi) is 19.8. The molecule has 0 fully saturated rings. The fourth-order valence-electron chi connectivity index (χ4n) is 3.56. The van der Waals surface area contributed by atoms with Crippen LogP contribution in [0.15, 0.2) is 48.5 Å². The Morgan fingerprint density at radius 3 is 1.05 bits per heavy atom. The maximum atomic E-state index is 12.4. The maximum Gasteiger partial charge on any atom is 0.251 e. The van der Waals surface area contributed by atoms with E-state index in [-0.39, 0.29) is 11.8 Å². The molecule has 0 aromatic heterocycles. The molecule has 0 aliphatic heterocycles. The van der Waals surface area contributed by atoms with E-state index in [1.54, 1.807) is 24.3 Å². The molecule has 0 bridgehead atoms. The minimum Gasteiger partial charge on any atom is -0.378 e. The first-order valence-electron chi connectivity index (χ1n) is 14.3. The molecule has 0 radical (unpaired) electrons. The number of hydrogen-bond acceptors (Lipinski definition) is 10. The van der Waals surface area contributed by atoms with Gasteiger partial charge in [0.05, 0.1) is 79.3 Å². The Hall–Kier alpha value is -2.94. The highest BCUT2D eigenvalue weighted by molar-refractivity contribution is 5.95. The first-order valence-corrected chi connectivity index (χ1v) is 14.3. The SMILES string of the molecule is NCCOCCOCCOCCNC(=O)c1ccc(-c2ccc(C(=O)NCCOCCOCCOCCN)cc2)cc1. The van der Waals surface area contributed by atoms with E-state index in [0.717, 1.165) is 11.1 Å². The Labute approximate surface area is 248 Å². The third-order valence-corrected chi connectivity index (χ3v) is 5.70. The van der Waals surface area contributed by atoms with E-state index in [2.05, 4.69) is 10.6 Å². The van der Waals surface area contributed by atoms with Gasteiger partial charge in [-0.3, -0.25) is 9.59 Å². The molecule has 0 aliphatic rings. The molecule has 0 saturated heterocycles. The lowest BCUT2D eigenvalue weighted by Gasteiger charge is -2.09. The fraction of sp³-hybridized carbons (Fsp3) is 0.533. The van der Waals surface area contributed by atoms with E-state index in [1.807, 2.05) is 24.3 Å². The van der Waals surface area contributed by atoms with E-state index in [9.17, 15) is 9.59 Å². The predicted molar refractivity (Wildman–Crippen MR) is 160 cm³/mol. The standard InChI is InChI=1S/C30H46N4O8/c31-9-13-37-17-21-41-23-19-39-15-11-33-29(35)27-5-1-25(2-6-27)26-3-7-28(8-4-26)30(36)34-12-16-40-20-24-42-22-18-38-14-10-32/h1-8H,9-24,31-32H2,(H,33,35)(H,34,36). The lowest BCUT2D eigenvalue weighted by atomic mass is 10.0. The molecule has 12 nitrogen and oxygen atoms in total. The molecule has 0 spiro atoms. The molecule has 2 rings (SSSR count). The fourth-order valence-corrected chi connectivity index (χ4v) is 3.56. The first kappa shape index (κ1) is 35.3. The third kappa shape index (κ3) is 15.9. The van der Waals surface area contributed by atoms with E-state index in [4.69, 9.17) is 39.9 Å². The van der Waals surface area contributed by atoms with Gasteiger partial charge in [-0.2, -0.15) is 0 Å². The van der Waals surface area contributed by atoms with Crippen molar-refractivity contribution >= 4 is 11.8 Å². The van der Waals surface area contributed by atoms with Crippen LogP contribution in [0.1, 0.15) is 20.7 Å². The smallest absolute Gasteiger partial charge is 0.251 e. The number of benzene rings is 2. The number of amides is 2. The molecule has 2 aromatic rings. The van der Waals surface area contributed by atoms with Crippen LogP contribution < -0.4 is 22.1 Å². The van der Waals surface area contributed by atoms with Crippen molar-refractivity contribution in [3.63, 3.8) is 0 Å². The zero-order chi connectivity index (χ0) is 30.1. The van der Waals surface area contributed by atoms with Crippen LogP contribution in [0.2, 0.25) is 0 Å². The second kappa shape index (κ2) is 23.6. The van der Waals surface area contributed by atoms with Crippen LogP contribution in [0, 0.1) is 0 Å². The van der Waals surface area contributed by atoms with Crippen molar-refractivity contribution in [1.82, 2.24) is 10.6 Å². The normalized spacial score (nSPS) is 11.0. The Balaban J connectivity index is 1.58. The minimum atomic E-state index is -0.171. The highest BCUT2D eigenvalue weighted by atomic mass is 16.5. The van der Waals surface area contributed by atoms with Gasteiger partial charge >= 0.3 is 0 Å². The average Bonchev–Trinajstić information content (AvgIpc) is 3.02. The summed E-state index contributed by atoms with van der Waals surface area (Å²) in [5.41, 5.74) is 13.7. The van der Waals surface area contributed by atoms with Crippen LogP contribution in [0.5, 0.6) is 0 Å². The lowest BCUT2D eigenvalue weighted by Crippen LogP contribution is -2.27. The molecule has 2 amide bonds. The monoisotopic (exact) mass is 590 g/mol. The number of hydrogen-bond donors (Lipinski definition) is 4. The molecule has 0 atom stereocenters. The molecule has 0 saturated carbocycles. The summed E-state index contributed by atoms with van der Waals surface area (Å²) in [5.74, 6) is -0.343. The van der Waals surface area contributed by atoms with Crippen molar-refractivity contribution in [2.24, 2.45) is 11.5 Å². The number of rotatable bonds is 25. The van der Waals surface area contributed by atoms with Crippen molar-refractivity contribution in [3.8, 4) is 11.1 Å². The van der Waals surface area contributed by atoms with Crippen molar-refractivity contribution in [3.05, 3.63) is 59.7 Å². The summed E-state index contributed by atoms with van der Waals surface area (Å²) in [6.45, 7) is 7.47. The van der Waals surface area contributed by atoms with Crippen LogP contribution in [0.4, 0.5) is 0 Å². The largest absolute Gasteiger partial charge is 0.378 e. The van der Waals surface area contributed by atoms with Crippen LogP contribution in [0.3, 0.4) is 0 Å². The second-order valence-electron chi connectivity index (χ2n) is 8.92. The Morgan fingerprint density at radius 2 is 0.738 bits per heavy atom. The van der Waals surface area contributed by atoms with Gasteiger partial charge in [-0.1, -0.05) is 24.3 Å². The summed E-state index contributed by atoms with van der Waals surface area (Å²) in [6, 6.07) is 14.6. The van der Waals surface area contributed by atoms with Gasteiger partial charge in [-0.15, -0.1) is 0 Å². The van der Waals surface area contributed by atoms with Crippen molar-refractivity contribution in [2.75, 3.05) is 105 Å². The maximum absolute atomic E-state index is 12.4. The van der Waals surface area contributed by atoms with Gasteiger partial charge in [0.1, 0.15) is 0 Å². The summed E-state index contributed by atoms with van der Waals surface area (Å²) >= 11 is 0. The second-order valence-corrected chi connectivity index (χ2v) is 8.92. The number of nitrogens with two attached hydrogens (primary N) is 2. The summed E-state index contributed by atoms with van der Waals surface area (Å²) in [6.07, 6.45) is 0. The van der Waals surface area contributed by atoms with Gasteiger partial charge in [0.15, 0.2) is 0 Å². The highest BCUT2D eigenvalue weighted by Gasteiger charge is 2.08. The molecule has 12 heteroatoms. The average molecular weight is 591 g/mol. The Morgan fingerprint density at radius 1 is 0.452 bits per heavy atom. The quantitative estimate of drug-likeness (QED) is 0.122. The number of carbonyl (C=O) groups is 2. The molecular formula is C30H46N4O8. The van der Waals surface area contributed by atoms with Gasteiger partial charge in [0.2, 0.25) is 0 Å². The van der Waals surface area contributed by atoms with E-state index >= 15 is 0 Å². The minimum absolute atomic E-state index is 0.171. The predicted octanol–water partition coefficient (Wildman–Crippen LogP) is 0.830. The van der Waals surface area contributed by atoms with Gasteiger partial charge in [0, 0.05) is 37.3 Å². The summed E-state index contributed by atoms with van der Waals surface area (Å²) in [5, 5.41) is 5.68. The zero-order valence-electron chi connectivity index (χ0n) is 24.4. The molecule has 6 N–H and O–H groups in total. The summed E-state index contributed by atoms with van der Waals surface area (Å²) < 4.78 is 32.1. The summed E-state index contributed by atoms with van der Waals surface area (Å²) in [7, 11) is 0. The van der Waals surface area contributed by atoms with Crippen LogP contribution in [-0.4, -0.2) is 117 Å². The molecule has 0 aliphatic carbocycles. The van der Waals surface area contributed by atoms with Crippen LogP contribution in [-0.2, 0) is 28.4 Å². The van der Waals surface area contributed by atoms with Crippen molar-refractivity contribution in [2.45, 2.75) is 0 Å². The lowest BCUT2D eigenvalue weighted by molar-refractivity contribution is 0.0166. The van der Waals surface area contributed by atoms with E-state index < -0.39 is 0 Å². The molecule has 234 valence electrons. The molecule has 42 heavy (non-hydrogen) atoms.